The van der Waals surface area contributed by atoms with E-state index in [-0.39, 0.29) is 48.7 Å². The van der Waals surface area contributed by atoms with Gasteiger partial charge in [0.1, 0.15) is 30.5 Å². The lowest BCUT2D eigenvalue weighted by molar-refractivity contribution is -0.139. The molecule has 0 saturated carbocycles. The Hall–Kier alpha value is -4.84. The van der Waals surface area contributed by atoms with Crippen LogP contribution < -0.4 is 14.2 Å². The van der Waals surface area contributed by atoms with Gasteiger partial charge in [-0.25, -0.2) is 9.59 Å². The van der Waals surface area contributed by atoms with Crippen LogP contribution in [0.1, 0.15) is 63.7 Å². The van der Waals surface area contributed by atoms with E-state index in [9.17, 15) is 19.2 Å². The molecule has 0 spiro atoms. The van der Waals surface area contributed by atoms with Crippen molar-refractivity contribution in [3.8, 4) is 17.2 Å². The Kier molecular flexibility index (Phi) is 15.2. The topological polar surface area (TPSA) is 133 Å². The molecule has 11 nitrogen and oxygen atoms in total. The molecule has 4 rings (SSSR count). The van der Waals surface area contributed by atoms with Crippen LogP contribution in [0.25, 0.3) is 0 Å². The normalized spacial score (nSPS) is 13.1. The molecule has 1 aliphatic rings. The molecular weight excluding hydrogens is 644 g/mol. The van der Waals surface area contributed by atoms with Gasteiger partial charge >= 0.3 is 11.9 Å². The second kappa shape index (κ2) is 20.0. The van der Waals surface area contributed by atoms with Gasteiger partial charge in [-0.05, 0) is 92.1 Å². The van der Waals surface area contributed by atoms with Crippen LogP contribution in [0, 0.1) is 5.41 Å². The van der Waals surface area contributed by atoms with E-state index in [2.05, 4.69) is 13.5 Å². The molecule has 1 fully saturated rings. The highest BCUT2D eigenvalue weighted by atomic mass is 16.6. The second-order valence-corrected chi connectivity index (χ2v) is 12.1. The van der Waals surface area contributed by atoms with E-state index in [0.717, 1.165) is 58.2 Å². The Morgan fingerprint density at radius 2 is 1.16 bits per heavy atom. The van der Waals surface area contributed by atoms with Crippen molar-refractivity contribution in [2.24, 2.45) is 5.41 Å². The second-order valence-electron chi connectivity index (χ2n) is 12.1. The summed E-state index contributed by atoms with van der Waals surface area (Å²) in [4.78, 5) is 49.2. The molecule has 11 heteroatoms. The molecule has 0 atom stereocenters. The van der Waals surface area contributed by atoms with E-state index in [1.807, 2.05) is 0 Å². The lowest BCUT2D eigenvalue weighted by Gasteiger charge is -2.37. The number of Topliss-reactive ketones (excluding diaryl/α,β-unsaturated/α-hetero) is 2. The van der Waals surface area contributed by atoms with Gasteiger partial charge in [-0.2, -0.15) is 0 Å². The number of benzene rings is 3. The average molecular weight is 689 g/mol. The molecule has 1 heterocycles. The van der Waals surface area contributed by atoms with Gasteiger partial charge in [0.05, 0.1) is 45.2 Å². The van der Waals surface area contributed by atoms with Crippen molar-refractivity contribution in [2.75, 3.05) is 59.5 Å². The van der Waals surface area contributed by atoms with Gasteiger partial charge in [0.25, 0.3) is 0 Å². The maximum atomic E-state index is 12.8. The zero-order valence-corrected chi connectivity index (χ0v) is 28.4. The van der Waals surface area contributed by atoms with Gasteiger partial charge in [-0.3, -0.25) is 9.59 Å². The molecule has 0 aliphatic carbocycles. The number of hydrogen-bond donors (Lipinski definition) is 0. The van der Waals surface area contributed by atoms with E-state index in [4.69, 9.17) is 33.2 Å². The van der Waals surface area contributed by atoms with Gasteiger partial charge in [0, 0.05) is 29.2 Å². The van der Waals surface area contributed by atoms with Crippen molar-refractivity contribution in [1.82, 2.24) is 0 Å². The van der Waals surface area contributed by atoms with E-state index in [0.29, 0.717) is 23.7 Å². The van der Waals surface area contributed by atoms with Crippen LogP contribution in [-0.2, 0) is 23.7 Å². The standard InChI is InChI=1S/C39H44O11/c1-3-35(40)49-25-23-44-22-24-48-33-14-8-29(9-15-33)36(41)37(42)30-10-18-34(19-11-30)50-38(43)31-12-16-32(17-13-31)47-21-7-5-4-6-20-45-26-39(2)27-46-28-39/h3,8-19H,1,4-7,20-28H2,2H3. The van der Waals surface area contributed by atoms with Crippen LogP contribution in [0.4, 0.5) is 0 Å². The summed E-state index contributed by atoms with van der Waals surface area (Å²) in [7, 11) is 0. The summed E-state index contributed by atoms with van der Waals surface area (Å²) >= 11 is 0. The predicted octanol–water partition coefficient (Wildman–Crippen LogP) is 6.09. The third-order valence-electron chi connectivity index (χ3n) is 7.68. The highest BCUT2D eigenvalue weighted by molar-refractivity contribution is 6.49. The van der Waals surface area contributed by atoms with Crippen LogP contribution in [0.2, 0.25) is 0 Å². The minimum atomic E-state index is -0.698. The fourth-order valence-electron chi connectivity index (χ4n) is 4.78. The number of carbonyl (C=O) groups excluding carboxylic acids is 4. The minimum absolute atomic E-state index is 0.115. The molecule has 1 aliphatic heterocycles. The number of ketones is 2. The fourth-order valence-corrected chi connectivity index (χ4v) is 4.78. The van der Waals surface area contributed by atoms with Gasteiger partial charge in [-0.1, -0.05) is 19.9 Å². The number of rotatable bonds is 23. The van der Waals surface area contributed by atoms with Gasteiger partial charge in [-0.15, -0.1) is 0 Å². The van der Waals surface area contributed by atoms with Crippen LogP contribution >= 0.6 is 0 Å². The van der Waals surface area contributed by atoms with Crippen LogP contribution in [0.15, 0.2) is 85.5 Å². The van der Waals surface area contributed by atoms with Crippen molar-refractivity contribution in [1.29, 1.82) is 0 Å². The molecule has 1 saturated heterocycles. The number of esters is 2. The van der Waals surface area contributed by atoms with Crippen molar-refractivity contribution in [2.45, 2.75) is 32.6 Å². The Balaban J connectivity index is 1.11. The minimum Gasteiger partial charge on any atom is -0.494 e. The summed E-state index contributed by atoms with van der Waals surface area (Å²) < 4.78 is 37.9. The molecule has 266 valence electrons. The van der Waals surface area contributed by atoms with Crippen molar-refractivity contribution < 1.29 is 52.3 Å². The Morgan fingerprint density at radius 3 is 1.72 bits per heavy atom. The zero-order chi connectivity index (χ0) is 35.6. The Morgan fingerprint density at radius 1 is 0.640 bits per heavy atom. The molecule has 0 aromatic heterocycles. The van der Waals surface area contributed by atoms with E-state index < -0.39 is 23.5 Å². The first kappa shape index (κ1) is 38.0. The molecule has 0 unspecified atom stereocenters. The van der Waals surface area contributed by atoms with Crippen LogP contribution in [-0.4, -0.2) is 83.0 Å². The van der Waals surface area contributed by atoms with E-state index >= 15 is 0 Å². The first-order valence-electron chi connectivity index (χ1n) is 16.7. The number of hydrogen-bond acceptors (Lipinski definition) is 11. The molecule has 3 aromatic rings. The fraction of sp³-hybridized carbons (Fsp3) is 0.385. The van der Waals surface area contributed by atoms with E-state index in [1.165, 1.54) is 36.4 Å². The highest BCUT2D eigenvalue weighted by Crippen LogP contribution is 2.26. The summed E-state index contributed by atoms with van der Waals surface area (Å²) in [6.45, 7) is 10.0. The first-order valence-corrected chi connectivity index (χ1v) is 16.7. The Labute approximate surface area is 292 Å². The van der Waals surface area contributed by atoms with Crippen LogP contribution in [0.3, 0.4) is 0 Å². The zero-order valence-electron chi connectivity index (χ0n) is 28.4. The number of ether oxygens (including phenoxy) is 7. The number of unbranched alkanes of at least 4 members (excludes halogenated alkanes) is 3. The first-order chi connectivity index (χ1) is 24.3. The highest BCUT2D eigenvalue weighted by Gasteiger charge is 2.33. The summed E-state index contributed by atoms with van der Waals surface area (Å²) in [5.41, 5.74) is 0.907. The van der Waals surface area contributed by atoms with Gasteiger partial charge < -0.3 is 33.2 Å². The molecule has 50 heavy (non-hydrogen) atoms. The quantitative estimate of drug-likeness (QED) is 0.0286. The number of carbonyl (C=O) groups is 4. The molecule has 0 bridgehead atoms. The SMILES string of the molecule is C=CC(=O)OCCOCCOc1ccc(C(=O)C(=O)c2ccc(OC(=O)c3ccc(OCCCCCCOCC4(C)COC4)cc3)cc2)cc1. The summed E-state index contributed by atoms with van der Waals surface area (Å²) in [6, 6.07) is 18.7. The summed E-state index contributed by atoms with van der Waals surface area (Å²) in [5, 5.41) is 0. The molecular formula is C39H44O11. The van der Waals surface area contributed by atoms with Crippen molar-refractivity contribution in [3.05, 3.63) is 102 Å². The third-order valence-corrected chi connectivity index (χ3v) is 7.68. The van der Waals surface area contributed by atoms with Gasteiger partial charge in [0.2, 0.25) is 11.6 Å². The maximum absolute atomic E-state index is 12.8. The third kappa shape index (κ3) is 12.6. The molecule has 0 amide bonds. The summed E-state index contributed by atoms with van der Waals surface area (Å²) in [6.07, 6.45) is 5.16. The lowest BCUT2D eigenvalue weighted by Crippen LogP contribution is -2.43. The maximum Gasteiger partial charge on any atom is 0.343 e. The van der Waals surface area contributed by atoms with Gasteiger partial charge in [0.15, 0.2) is 0 Å². The lowest BCUT2D eigenvalue weighted by atomic mass is 9.90. The van der Waals surface area contributed by atoms with Crippen LogP contribution in [0.5, 0.6) is 17.2 Å². The van der Waals surface area contributed by atoms with E-state index in [1.54, 1.807) is 36.4 Å². The summed E-state index contributed by atoms with van der Waals surface area (Å²) in [5.74, 6) is -1.05. The Bertz CT molecular complexity index is 1540. The van der Waals surface area contributed by atoms with Crippen molar-refractivity contribution >= 4 is 23.5 Å². The monoisotopic (exact) mass is 688 g/mol. The largest absolute Gasteiger partial charge is 0.494 e. The molecule has 3 aromatic carbocycles. The average Bonchev–Trinajstić information content (AvgIpc) is 3.13. The molecule has 0 N–H and O–H groups in total. The molecule has 0 radical (unpaired) electrons. The predicted molar refractivity (Wildman–Crippen MR) is 184 cm³/mol. The smallest absolute Gasteiger partial charge is 0.343 e. The van der Waals surface area contributed by atoms with Crippen molar-refractivity contribution in [3.63, 3.8) is 0 Å².